The summed E-state index contributed by atoms with van der Waals surface area (Å²) in [6, 6.07) is 0. The van der Waals surface area contributed by atoms with Crippen LogP contribution in [0.5, 0.6) is 0 Å². The summed E-state index contributed by atoms with van der Waals surface area (Å²) in [6.07, 6.45) is 4.12. The van der Waals surface area contributed by atoms with Crippen molar-refractivity contribution in [1.29, 1.82) is 0 Å². The van der Waals surface area contributed by atoms with Crippen LogP contribution in [0.25, 0.3) is 0 Å². The fourth-order valence-corrected chi connectivity index (χ4v) is 1.28. The normalized spacial score (nSPS) is 10.8. The second kappa shape index (κ2) is 7.41. The van der Waals surface area contributed by atoms with Gasteiger partial charge in [0.25, 0.3) is 0 Å². The summed E-state index contributed by atoms with van der Waals surface area (Å²) in [4.78, 5) is 7.82. The van der Waals surface area contributed by atoms with Gasteiger partial charge in [0.2, 0.25) is 0 Å². The Morgan fingerprint density at radius 3 is 2.94 bits per heavy atom. The summed E-state index contributed by atoms with van der Waals surface area (Å²) < 4.78 is 5.46. The average molecular weight is 244 g/mol. The average Bonchev–Trinajstić information content (AvgIpc) is 2.25. The predicted octanol–water partition coefficient (Wildman–Crippen LogP) is 2.60. The molecule has 1 heterocycles. The summed E-state index contributed by atoms with van der Waals surface area (Å²) in [7, 11) is 0. The first-order valence-electron chi connectivity index (χ1n) is 5.47. The SMILES string of the molecule is CC(C)CCOCCNc1ncncc1Cl. The highest BCUT2D eigenvalue weighted by atomic mass is 35.5. The van der Waals surface area contributed by atoms with Gasteiger partial charge in [0.15, 0.2) is 0 Å². The van der Waals surface area contributed by atoms with Crippen molar-refractivity contribution >= 4 is 17.4 Å². The van der Waals surface area contributed by atoms with E-state index in [1.165, 1.54) is 6.33 Å². The monoisotopic (exact) mass is 243 g/mol. The van der Waals surface area contributed by atoms with E-state index in [1.807, 2.05) is 0 Å². The Hall–Kier alpha value is -0.870. The molecule has 1 N–H and O–H groups in total. The third kappa shape index (κ3) is 5.28. The number of rotatable bonds is 7. The van der Waals surface area contributed by atoms with E-state index < -0.39 is 0 Å². The Morgan fingerprint density at radius 2 is 2.25 bits per heavy atom. The highest BCUT2D eigenvalue weighted by molar-refractivity contribution is 6.32. The van der Waals surface area contributed by atoms with Gasteiger partial charge in [-0.3, -0.25) is 0 Å². The van der Waals surface area contributed by atoms with Crippen molar-refractivity contribution < 1.29 is 4.74 Å². The van der Waals surface area contributed by atoms with E-state index in [4.69, 9.17) is 16.3 Å². The number of nitrogens with one attached hydrogen (secondary N) is 1. The maximum Gasteiger partial charge on any atom is 0.148 e. The van der Waals surface area contributed by atoms with Crippen molar-refractivity contribution in [2.24, 2.45) is 5.92 Å². The molecule has 0 aliphatic heterocycles. The summed E-state index contributed by atoms with van der Waals surface area (Å²) in [5.74, 6) is 1.34. The molecule has 5 heteroatoms. The molecule has 0 saturated heterocycles. The topological polar surface area (TPSA) is 47.0 Å². The number of nitrogens with zero attached hydrogens (tertiary/aromatic N) is 2. The van der Waals surface area contributed by atoms with Crippen LogP contribution in [-0.4, -0.2) is 29.7 Å². The maximum atomic E-state index is 5.88. The minimum atomic E-state index is 0.532. The first kappa shape index (κ1) is 13.2. The molecular formula is C11H18ClN3O. The fourth-order valence-electron chi connectivity index (χ4n) is 1.11. The van der Waals surface area contributed by atoms with Crippen LogP contribution in [-0.2, 0) is 4.74 Å². The lowest BCUT2D eigenvalue weighted by Crippen LogP contribution is -2.12. The molecule has 16 heavy (non-hydrogen) atoms. The number of hydrogen-bond donors (Lipinski definition) is 1. The Kier molecular flexibility index (Phi) is 6.11. The number of aromatic nitrogens is 2. The zero-order valence-corrected chi connectivity index (χ0v) is 10.5. The standard InChI is InChI=1S/C11H18ClN3O/c1-9(2)3-5-16-6-4-14-11-10(12)7-13-8-15-11/h7-9H,3-6H2,1-2H3,(H,13,14,15). The molecule has 90 valence electrons. The van der Waals surface area contributed by atoms with E-state index in [1.54, 1.807) is 6.20 Å². The smallest absolute Gasteiger partial charge is 0.148 e. The van der Waals surface area contributed by atoms with Crippen LogP contribution in [0.2, 0.25) is 5.02 Å². The number of ether oxygens (including phenoxy) is 1. The second-order valence-electron chi connectivity index (χ2n) is 3.94. The molecular weight excluding hydrogens is 226 g/mol. The molecule has 0 saturated carbocycles. The number of halogens is 1. The molecule has 0 radical (unpaired) electrons. The van der Waals surface area contributed by atoms with Crippen molar-refractivity contribution in [3.8, 4) is 0 Å². The van der Waals surface area contributed by atoms with Gasteiger partial charge < -0.3 is 10.1 Å². The van der Waals surface area contributed by atoms with Gasteiger partial charge in [0.1, 0.15) is 17.2 Å². The molecule has 0 aliphatic rings. The highest BCUT2D eigenvalue weighted by Crippen LogP contribution is 2.15. The van der Waals surface area contributed by atoms with Crippen molar-refractivity contribution in [1.82, 2.24) is 9.97 Å². The van der Waals surface area contributed by atoms with Crippen LogP contribution in [0, 0.1) is 5.92 Å². The molecule has 0 atom stereocenters. The third-order valence-electron chi connectivity index (χ3n) is 2.05. The van der Waals surface area contributed by atoms with Crippen molar-refractivity contribution in [2.75, 3.05) is 25.1 Å². The van der Waals surface area contributed by atoms with E-state index in [9.17, 15) is 0 Å². The molecule has 0 aliphatic carbocycles. The predicted molar refractivity (Wildman–Crippen MR) is 65.8 cm³/mol. The minimum absolute atomic E-state index is 0.532. The minimum Gasteiger partial charge on any atom is -0.380 e. The molecule has 1 aromatic heterocycles. The van der Waals surface area contributed by atoms with Gasteiger partial charge in [0.05, 0.1) is 12.8 Å². The molecule has 0 aromatic carbocycles. The maximum absolute atomic E-state index is 5.88. The van der Waals surface area contributed by atoms with E-state index in [0.29, 0.717) is 29.9 Å². The van der Waals surface area contributed by atoms with E-state index in [2.05, 4.69) is 29.1 Å². The largest absolute Gasteiger partial charge is 0.380 e. The molecule has 1 rings (SSSR count). The van der Waals surface area contributed by atoms with E-state index >= 15 is 0 Å². The Balaban J connectivity index is 2.10. The third-order valence-corrected chi connectivity index (χ3v) is 2.32. The summed E-state index contributed by atoms with van der Waals surface area (Å²) in [5, 5.41) is 3.63. The van der Waals surface area contributed by atoms with Crippen LogP contribution in [0.1, 0.15) is 20.3 Å². The number of hydrogen-bond acceptors (Lipinski definition) is 4. The lowest BCUT2D eigenvalue weighted by Gasteiger charge is -2.08. The first-order valence-corrected chi connectivity index (χ1v) is 5.85. The van der Waals surface area contributed by atoms with Gasteiger partial charge in [-0.15, -0.1) is 0 Å². The zero-order chi connectivity index (χ0) is 11.8. The van der Waals surface area contributed by atoms with Crippen LogP contribution in [0.3, 0.4) is 0 Å². The summed E-state index contributed by atoms with van der Waals surface area (Å²) >= 11 is 5.88. The summed E-state index contributed by atoms with van der Waals surface area (Å²) in [5.41, 5.74) is 0. The molecule has 0 spiro atoms. The first-order chi connectivity index (χ1) is 7.70. The number of anilines is 1. The lowest BCUT2D eigenvalue weighted by molar-refractivity contribution is 0.132. The molecule has 1 aromatic rings. The summed E-state index contributed by atoms with van der Waals surface area (Å²) in [6.45, 7) is 6.53. The molecule has 0 amide bonds. The fraction of sp³-hybridized carbons (Fsp3) is 0.636. The Labute approximate surface area is 101 Å². The molecule has 0 bridgehead atoms. The van der Waals surface area contributed by atoms with Gasteiger partial charge in [-0.25, -0.2) is 9.97 Å². The van der Waals surface area contributed by atoms with Gasteiger partial charge in [0, 0.05) is 13.2 Å². The highest BCUT2D eigenvalue weighted by Gasteiger charge is 1.99. The Morgan fingerprint density at radius 1 is 1.44 bits per heavy atom. The molecule has 0 unspecified atom stereocenters. The van der Waals surface area contributed by atoms with Gasteiger partial charge in [-0.2, -0.15) is 0 Å². The van der Waals surface area contributed by atoms with E-state index in [-0.39, 0.29) is 0 Å². The Bertz CT molecular complexity index is 307. The van der Waals surface area contributed by atoms with E-state index in [0.717, 1.165) is 13.0 Å². The van der Waals surface area contributed by atoms with Crippen LogP contribution in [0.15, 0.2) is 12.5 Å². The van der Waals surface area contributed by atoms with Crippen LogP contribution in [0.4, 0.5) is 5.82 Å². The quantitative estimate of drug-likeness (QED) is 0.748. The second-order valence-corrected chi connectivity index (χ2v) is 4.35. The molecule has 4 nitrogen and oxygen atoms in total. The lowest BCUT2D eigenvalue weighted by atomic mass is 10.1. The van der Waals surface area contributed by atoms with Gasteiger partial charge >= 0.3 is 0 Å². The van der Waals surface area contributed by atoms with Crippen LogP contribution >= 0.6 is 11.6 Å². The zero-order valence-electron chi connectivity index (χ0n) is 9.74. The van der Waals surface area contributed by atoms with Crippen LogP contribution < -0.4 is 5.32 Å². The molecule has 0 fully saturated rings. The van der Waals surface area contributed by atoms with Crippen molar-refractivity contribution in [3.63, 3.8) is 0 Å². The van der Waals surface area contributed by atoms with Gasteiger partial charge in [-0.05, 0) is 12.3 Å². The van der Waals surface area contributed by atoms with Gasteiger partial charge in [-0.1, -0.05) is 25.4 Å². The van der Waals surface area contributed by atoms with Crippen molar-refractivity contribution in [3.05, 3.63) is 17.5 Å². The van der Waals surface area contributed by atoms with Crippen molar-refractivity contribution in [2.45, 2.75) is 20.3 Å².